The molecule has 0 saturated heterocycles. The lowest BCUT2D eigenvalue weighted by atomic mass is 10.0. The van der Waals surface area contributed by atoms with E-state index in [4.69, 9.17) is 0 Å². The highest BCUT2D eigenvalue weighted by molar-refractivity contribution is 6.08. The minimum absolute atomic E-state index is 0.0577. The van der Waals surface area contributed by atoms with Crippen LogP contribution in [0.5, 0.6) is 0 Å². The third-order valence-corrected chi connectivity index (χ3v) is 4.35. The smallest absolute Gasteiger partial charge is 0.274 e. The number of aromatic nitrogens is 1. The summed E-state index contributed by atoms with van der Waals surface area (Å²) in [5.74, 6) is -3.10. The third-order valence-electron chi connectivity index (χ3n) is 4.35. The Morgan fingerprint density at radius 3 is 2.17 bits per heavy atom. The second kappa shape index (κ2) is 8.18. The SMILES string of the molecule is Cc1cc(C)c(NC(=O)c2cc(C(=O)Nc3ccc(F)c(F)c3)ccn2)c(C)c1. The molecule has 2 amide bonds. The normalized spacial score (nSPS) is 10.5. The molecule has 0 bridgehead atoms. The van der Waals surface area contributed by atoms with Crippen molar-refractivity contribution in [3.8, 4) is 0 Å². The first-order valence-corrected chi connectivity index (χ1v) is 8.86. The van der Waals surface area contributed by atoms with E-state index in [9.17, 15) is 18.4 Å². The zero-order chi connectivity index (χ0) is 21.1. The van der Waals surface area contributed by atoms with E-state index in [1.807, 2.05) is 32.9 Å². The first-order chi connectivity index (χ1) is 13.7. The van der Waals surface area contributed by atoms with Crippen LogP contribution in [0.4, 0.5) is 20.2 Å². The minimum Gasteiger partial charge on any atom is -0.322 e. The first kappa shape index (κ1) is 20.1. The van der Waals surface area contributed by atoms with E-state index < -0.39 is 23.4 Å². The number of anilines is 2. The number of nitrogens with zero attached hydrogens (tertiary/aromatic N) is 1. The molecule has 0 fully saturated rings. The molecular formula is C22H19F2N3O2. The molecule has 0 unspecified atom stereocenters. The Balaban J connectivity index is 1.79. The Morgan fingerprint density at radius 1 is 0.828 bits per heavy atom. The molecule has 0 saturated carbocycles. The number of carbonyl (C=O) groups is 2. The summed E-state index contributed by atoms with van der Waals surface area (Å²) < 4.78 is 26.3. The maximum Gasteiger partial charge on any atom is 0.274 e. The molecule has 0 spiro atoms. The fraction of sp³-hybridized carbons (Fsp3) is 0.136. The molecule has 2 aromatic carbocycles. The second-order valence-electron chi connectivity index (χ2n) is 6.74. The Morgan fingerprint density at radius 2 is 1.52 bits per heavy atom. The van der Waals surface area contributed by atoms with Crippen LogP contribution in [0.2, 0.25) is 0 Å². The summed E-state index contributed by atoms with van der Waals surface area (Å²) in [7, 11) is 0. The van der Waals surface area contributed by atoms with Gasteiger partial charge < -0.3 is 10.6 Å². The number of carbonyl (C=O) groups excluding carboxylic acids is 2. The molecule has 0 aliphatic heterocycles. The van der Waals surface area contributed by atoms with Crippen molar-refractivity contribution in [2.24, 2.45) is 0 Å². The van der Waals surface area contributed by atoms with Gasteiger partial charge in [-0.3, -0.25) is 14.6 Å². The van der Waals surface area contributed by atoms with Crippen molar-refractivity contribution in [1.82, 2.24) is 4.98 Å². The molecule has 1 aromatic heterocycles. The molecule has 0 radical (unpaired) electrons. The molecule has 29 heavy (non-hydrogen) atoms. The molecular weight excluding hydrogens is 376 g/mol. The molecule has 0 aliphatic carbocycles. The summed E-state index contributed by atoms with van der Waals surface area (Å²) >= 11 is 0. The van der Waals surface area contributed by atoms with Crippen LogP contribution in [0.3, 0.4) is 0 Å². The Labute approximate surface area is 166 Å². The Bertz CT molecular complexity index is 1090. The largest absolute Gasteiger partial charge is 0.322 e. The van der Waals surface area contributed by atoms with E-state index in [2.05, 4.69) is 15.6 Å². The van der Waals surface area contributed by atoms with Gasteiger partial charge in [0, 0.05) is 29.2 Å². The zero-order valence-electron chi connectivity index (χ0n) is 16.1. The second-order valence-corrected chi connectivity index (χ2v) is 6.74. The van der Waals surface area contributed by atoms with Crippen molar-refractivity contribution in [1.29, 1.82) is 0 Å². The predicted octanol–water partition coefficient (Wildman–Crippen LogP) is 4.79. The molecule has 7 heteroatoms. The van der Waals surface area contributed by atoms with Gasteiger partial charge in [0.1, 0.15) is 5.69 Å². The van der Waals surface area contributed by atoms with Gasteiger partial charge in [0.25, 0.3) is 11.8 Å². The highest BCUT2D eigenvalue weighted by Gasteiger charge is 2.15. The summed E-state index contributed by atoms with van der Waals surface area (Å²) in [5.41, 5.74) is 3.94. The molecule has 0 atom stereocenters. The lowest BCUT2D eigenvalue weighted by molar-refractivity contribution is 0.102. The van der Waals surface area contributed by atoms with E-state index >= 15 is 0 Å². The number of amides is 2. The quantitative estimate of drug-likeness (QED) is 0.667. The van der Waals surface area contributed by atoms with Crippen molar-refractivity contribution in [3.05, 3.63) is 88.2 Å². The summed E-state index contributed by atoms with van der Waals surface area (Å²) in [6.07, 6.45) is 1.34. The summed E-state index contributed by atoms with van der Waals surface area (Å²) in [5, 5.41) is 5.29. The molecule has 5 nitrogen and oxygen atoms in total. The van der Waals surface area contributed by atoms with Crippen LogP contribution in [0.1, 0.15) is 37.5 Å². The first-order valence-electron chi connectivity index (χ1n) is 8.86. The van der Waals surface area contributed by atoms with Crippen LogP contribution in [-0.2, 0) is 0 Å². The average Bonchev–Trinajstić information content (AvgIpc) is 2.67. The summed E-state index contributed by atoms with van der Waals surface area (Å²) in [4.78, 5) is 29.1. The van der Waals surface area contributed by atoms with Gasteiger partial charge in [-0.05, 0) is 56.2 Å². The number of nitrogens with one attached hydrogen (secondary N) is 2. The van der Waals surface area contributed by atoms with E-state index in [0.29, 0.717) is 5.69 Å². The van der Waals surface area contributed by atoms with E-state index in [1.165, 1.54) is 24.4 Å². The summed E-state index contributed by atoms with van der Waals surface area (Å²) in [6, 6.07) is 9.73. The molecule has 3 rings (SSSR count). The number of pyridine rings is 1. The van der Waals surface area contributed by atoms with Gasteiger partial charge in [0.2, 0.25) is 0 Å². The van der Waals surface area contributed by atoms with Gasteiger partial charge in [-0.1, -0.05) is 17.7 Å². The van der Waals surface area contributed by atoms with E-state index in [-0.39, 0.29) is 16.9 Å². The van der Waals surface area contributed by atoms with Gasteiger partial charge in [-0.15, -0.1) is 0 Å². The highest BCUT2D eigenvalue weighted by Crippen LogP contribution is 2.22. The van der Waals surface area contributed by atoms with Crippen LogP contribution in [0.25, 0.3) is 0 Å². The van der Waals surface area contributed by atoms with Crippen molar-refractivity contribution in [2.75, 3.05) is 10.6 Å². The zero-order valence-corrected chi connectivity index (χ0v) is 16.1. The topological polar surface area (TPSA) is 71.1 Å². The number of hydrogen-bond donors (Lipinski definition) is 2. The van der Waals surface area contributed by atoms with Gasteiger partial charge in [-0.2, -0.15) is 0 Å². The van der Waals surface area contributed by atoms with Crippen molar-refractivity contribution in [2.45, 2.75) is 20.8 Å². The fourth-order valence-electron chi connectivity index (χ4n) is 3.03. The van der Waals surface area contributed by atoms with Gasteiger partial charge >= 0.3 is 0 Å². The minimum atomic E-state index is -1.07. The summed E-state index contributed by atoms with van der Waals surface area (Å²) in [6.45, 7) is 5.77. The van der Waals surface area contributed by atoms with Gasteiger partial charge in [0.05, 0.1) is 0 Å². The van der Waals surface area contributed by atoms with Crippen molar-refractivity contribution < 1.29 is 18.4 Å². The molecule has 3 aromatic rings. The van der Waals surface area contributed by atoms with Crippen LogP contribution < -0.4 is 10.6 Å². The lowest BCUT2D eigenvalue weighted by Gasteiger charge is -2.13. The van der Waals surface area contributed by atoms with Crippen LogP contribution in [0, 0.1) is 32.4 Å². The number of hydrogen-bond acceptors (Lipinski definition) is 3. The molecule has 0 aliphatic rings. The van der Waals surface area contributed by atoms with E-state index in [0.717, 1.165) is 28.8 Å². The Kier molecular flexibility index (Phi) is 5.68. The fourth-order valence-corrected chi connectivity index (χ4v) is 3.03. The standard InChI is InChI=1S/C22H19F2N3O2/c1-12-8-13(2)20(14(3)9-12)27-22(29)19-10-15(6-7-25-19)21(28)26-16-4-5-17(23)18(24)11-16/h4-11H,1-3H3,(H,26,28)(H,27,29). The Hall–Kier alpha value is -3.61. The molecule has 148 valence electrons. The number of benzene rings is 2. The van der Waals surface area contributed by atoms with Crippen molar-refractivity contribution in [3.63, 3.8) is 0 Å². The number of aryl methyl sites for hydroxylation is 3. The maximum atomic E-state index is 13.3. The van der Waals surface area contributed by atoms with Gasteiger partial charge in [0.15, 0.2) is 11.6 Å². The molecule has 1 heterocycles. The van der Waals surface area contributed by atoms with E-state index in [1.54, 1.807) is 0 Å². The number of halogens is 2. The third kappa shape index (κ3) is 4.63. The average molecular weight is 395 g/mol. The van der Waals surface area contributed by atoms with Crippen LogP contribution >= 0.6 is 0 Å². The van der Waals surface area contributed by atoms with Crippen molar-refractivity contribution >= 4 is 23.2 Å². The van der Waals surface area contributed by atoms with Crippen LogP contribution in [0.15, 0.2) is 48.7 Å². The number of rotatable bonds is 4. The monoisotopic (exact) mass is 395 g/mol. The van der Waals surface area contributed by atoms with Crippen LogP contribution in [-0.4, -0.2) is 16.8 Å². The lowest BCUT2D eigenvalue weighted by Crippen LogP contribution is -2.18. The molecule has 2 N–H and O–H groups in total. The predicted molar refractivity (Wildman–Crippen MR) is 107 cm³/mol. The highest BCUT2D eigenvalue weighted by atomic mass is 19.2. The van der Waals surface area contributed by atoms with Gasteiger partial charge in [-0.25, -0.2) is 8.78 Å². The maximum absolute atomic E-state index is 13.3.